The van der Waals surface area contributed by atoms with Crippen molar-refractivity contribution in [2.45, 2.75) is 45.2 Å². The van der Waals surface area contributed by atoms with Crippen LogP contribution in [0.2, 0.25) is 0 Å². The first-order valence-electron chi connectivity index (χ1n) is 7.13. The monoisotopic (exact) mass is 258 g/mol. The highest BCUT2D eigenvalue weighted by atomic mass is 15.6. The fourth-order valence-electron chi connectivity index (χ4n) is 3.00. The molecule has 3 rings (SSSR count). The molecule has 4 nitrogen and oxygen atoms in total. The predicted molar refractivity (Wildman–Crippen MR) is 79.0 cm³/mol. The van der Waals surface area contributed by atoms with Crippen LogP contribution >= 0.6 is 0 Å². The van der Waals surface area contributed by atoms with Crippen LogP contribution in [0.25, 0.3) is 11.0 Å². The van der Waals surface area contributed by atoms with Gasteiger partial charge in [0.05, 0.1) is 11.0 Å². The highest BCUT2D eigenvalue weighted by Gasteiger charge is 2.25. The summed E-state index contributed by atoms with van der Waals surface area (Å²) in [5.74, 6) is 0.932. The lowest BCUT2D eigenvalue weighted by molar-refractivity contribution is 0.134. The summed E-state index contributed by atoms with van der Waals surface area (Å²) in [7, 11) is 2.07. The Bertz CT molecular complexity index is 565. The van der Waals surface area contributed by atoms with Gasteiger partial charge in [-0.15, -0.1) is 0 Å². The SMILES string of the molecule is CC1CCCC(C)N1Nc1nc2ccccc2n1C. The molecule has 1 aliphatic heterocycles. The van der Waals surface area contributed by atoms with E-state index >= 15 is 0 Å². The molecule has 19 heavy (non-hydrogen) atoms. The molecule has 1 aliphatic rings. The maximum Gasteiger partial charge on any atom is 0.218 e. The van der Waals surface area contributed by atoms with E-state index in [2.05, 4.69) is 59.1 Å². The van der Waals surface area contributed by atoms with Crippen LogP contribution in [0.5, 0.6) is 0 Å². The predicted octanol–water partition coefficient (Wildman–Crippen LogP) is 3.16. The third-order valence-electron chi connectivity index (χ3n) is 4.21. The molecular weight excluding hydrogens is 236 g/mol. The van der Waals surface area contributed by atoms with Crippen LogP contribution in [-0.2, 0) is 7.05 Å². The Morgan fingerprint density at radius 2 is 1.84 bits per heavy atom. The van der Waals surface area contributed by atoms with Gasteiger partial charge in [-0.05, 0) is 38.8 Å². The van der Waals surface area contributed by atoms with Gasteiger partial charge in [0, 0.05) is 19.1 Å². The van der Waals surface area contributed by atoms with Gasteiger partial charge in [-0.1, -0.05) is 18.6 Å². The van der Waals surface area contributed by atoms with E-state index in [1.807, 2.05) is 6.07 Å². The zero-order valence-corrected chi connectivity index (χ0v) is 11.9. The summed E-state index contributed by atoms with van der Waals surface area (Å²) < 4.78 is 2.13. The standard InChI is InChI=1S/C15H22N4/c1-11-7-6-8-12(2)19(11)17-15-16-13-9-4-5-10-14(13)18(15)3/h4-5,9-12H,6-8H2,1-3H3,(H,16,17). The van der Waals surface area contributed by atoms with Gasteiger partial charge in [-0.25, -0.2) is 9.99 Å². The van der Waals surface area contributed by atoms with Crippen LogP contribution in [0.1, 0.15) is 33.1 Å². The molecule has 0 bridgehead atoms. The van der Waals surface area contributed by atoms with Gasteiger partial charge in [-0.3, -0.25) is 5.43 Å². The molecule has 0 radical (unpaired) electrons. The van der Waals surface area contributed by atoms with Gasteiger partial charge in [0.15, 0.2) is 0 Å². The number of aryl methyl sites for hydroxylation is 1. The molecule has 1 aromatic heterocycles. The van der Waals surface area contributed by atoms with Crippen LogP contribution in [0.3, 0.4) is 0 Å². The number of nitrogens with zero attached hydrogens (tertiary/aromatic N) is 3. The van der Waals surface area contributed by atoms with E-state index in [0.717, 1.165) is 11.5 Å². The Morgan fingerprint density at radius 3 is 2.53 bits per heavy atom. The Morgan fingerprint density at radius 1 is 1.16 bits per heavy atom. The van der Waals surface area contributed by atoms with Gasteiger partial charge in [0.1, 0.15) is 0 Å². The van der Waals surface area contributed by atoms with E-state index in [9.17, 15) is 0 Å². The summed E-state index contributed by atoms with van der Waals surface area (Å²) in [5.41, 5.74) is 5.74. The number of para-hydroxylation sites is 2. The number of nitrogens with one attached hydrogen (secondary N) is 1. The minimum atomic E-state index is 0.559. The molecule has 2 heterocycles. The zero-order valence-electron chi connectivity index (χ0n) is 11.9. The van der Waals surface area contributed by atoms with Crippen molar-refractivity contribution >= 4 is 17.0 Å². The fraction of sp³-hybridized carbons (Fsp3) is 0.533. The lowest BCUT2D eigenvalue weighted by atomic mass is 10.00. The molecule has 1 saturated heterocycles. The van der Waals surface area contributed by atoms with Crippen molar-refractivity contribution in [3.63, 3.8) is 0 Å². The van der Waals surface area contributed by atoms with Crippen LogP contribution in [0.15, 0.2) is 24.3 Å². The Hall–Kier alpha value is -1.55. The van der Waals surface area contributed by atoms with E-state index in [0.29, 0.717) is 12.1 Å². The molecule has 0 aliphatic carbocycles. The molecule has 102 valence electrons. The summed E-state index contributed by atoms with van der Waals surface area (Å²) in [5, 5.41) is 2.35. The van der Waals surface area contributed by atoms with Crippen LogP contribution in [0, 0.1) is 0 Å². The minimum Gasteiger partial charge on any atom is -0.312 e. The molecule has 1 N–H and O–H groups in total. The number of piperidine rings is 1. The van der Waals surface area contributed by atoms with Gasteiger partial charge < -0.3 is 4.57 Å². The van der Waals surface area contributed by atoms with E-state index in [1.165, 1.54) is 24.8 Å². The van der Waals surface area contributed by atoms with Crippen molar-refractivity contribution in [2.75, 3.05) is 5.43 Å². The smallest absolute Gasteiger partial charge is 0.218 e. The second-order valence-electron chi connectivity index (χ2n) is 5.63. The molecule has 0 amide bonds. The topological polar surface area (TPSA) is 33.1 Å². The average molecular weight is 258 g/mol. The third kappa shape index (κ3) is 2.21. The lowest BCUT2D eigenvalue weighted by Gasteiger charge is -2.38. The summed E-state index contributed by atoms with van der Waals surface area (Å²) in [4.78, 5) is 4.69. The maximum atomic E-state index is 4.69. The Balaban J connectivity index is 1.90. The van der Waals surface area contributed by atoms with Crippen LogP contribution in [-0.4, -0.2) is 26.6 Å². The fourth-order valence-corrected chi connectivity index (χ4v) is 3.00. The second kappa shape index (κ2) is 4.85. The van der Waals surface area contributed by atoms with Gasteiger partial charge in [0.2, 0.25) is 5.95 Å². The maximum absolute atomic E-state index is 4.69. The number of anilines is 1. The summed E-state index contributed by atoms with van der Waals surface area (Å²) in [6.07, 6.45) is 3.83. The normalized spacial score (nSPS) is 24.8. The number of hydrazine groups is 1. The van der Waals surface area contributed by atoms with Crippen LogP contribution in [0.4, 0.5) is 5.95 Å². The Labute approximate surface area is 114 Å². The molecule has 2 atom stereocenters. The van der Waals surface area contributed by atoms with Crippen molar-refractivity contribution in [3.05, 3.63) is 24.3 Å². The third-order valence-corrected chi connectivity index (χ3v) is 4.21. The van der Waals surface area contributed by atoms with E-state index in [1.54, 1.807) is 0 Å². The first kappa shape index (κ1) is 12.5. The number of fused-ring (bicyclic) bond motifs is 1. The first-order chi connectivity index (χ1) is 9.16. The Kier molecular flexibility index (Phi) is 3.19. The molecule has 1 fully saturated rings. The number of rotatable bonds is 2. The van der Waals surface area contributed by atoms with Gasteiger partial charge in [-0.2, -0.15) is 0 Å². The molecule has 2 unspecified atom stereocenters. The zero-order chi connectivity index (χ0) is 13.4. The lowest BCUT2D eigenvalue weighted by Crippen LogP contribution is -2.47. The van der Waals surface area contributed by atoms with Crippen molar-refractivity contribution < 1.29 is 0 Å². The number of imidazole rings is 1. The van der Waals surface area contributed by atoms with E-state index < -0.39 is 0 Å². The van der Waals surface area contributed by atoms with Gasteiger partial charge in [0.25, 0.3) is 0 Å². The molecule has 4 heteroatoms. The number of benzene rings is 1. The minimum absolute atomic E-state index is 0.559. The first-order valence-corrected chi connectivity index (χ1v) is 7.13. The van der Waals surface area contributed by atoms with Crippen molar-refractivity contribution in [1.29, 1.82) is 0 Å². The van der Waals surface area contributed by atoms with Crippen molar-refractivity contribution in [1.82, 2.24) is 14.6 Å². The molecular formula is C15H22N4. The molecule has 0 saturated carbocycles. The van der Waals surface area contributed by atoms with Crippen LogP contribution < -0.4 is 5.43 Å². The average Bonchev–Trinajstić information content (AvgIpc) is 2.72. The number of aromatic nitrogens is 2. The molecule has 0 spiro atoms. The van der Waals surface area contributed by atoms with Crippen molar-refractivity contribution in [2.24, 2.45) is 7.05 Å². The summed E-state index contributed by atoms with van der Waals surface area (Å²) >= 11 is 0. The van der Waals surface area contributed by atoms with E-state index in [-0.39, 0.29) is 0 Å². The second-order valence-corrected chi connectivity index (χ2v) is 5.63. The summed E-state index contributed by atoms with van der Waals surface area (Å²) in [6.45, 7) is 4.57. The van der Waals surface area contributed by atoms with Crippen molar-refractivity contribution in [3.8, 4) is 0 Å². The van der Waals surface area contributed by atoms with Gasteiger partial charge >= 0.3 is 0 Å². The quantitative estimate of drug-likeness (QED) is 0.898. The summed E-state index contributed by atoms with van der Waals surface area (Å²) in [6, 6.07) is 9.37. The molecule has 2 aromatic rings. The highest BCUT2D eigenvalue weighted by molar-refractivity contribution is 5.78. The number of hydrogen-bond donors (Lipinski definition) is 1. The van der Waals surface area contributed by atoms with E-state index in [4.69, 9.17) is 0 Å². The number of hydrogen-bond acceptors (Lipinski definition) is 3. The highest BCUT2D eigenvalue weighted by Crippen LogP contribution is 2.24. The molecule has 1 aromatic carbocycles. The largest absolute Gasteiger partial charge is 0.312 e.